The third-order valence-corrected chi connectivity index (χ3v) is 9.49. The number of hydrogen-bond donors (Lipinski definition) is 0. The molecule has 0 amide bonds. The molecule has 0 saturated heterocycles. The molecule has 0 radical (unpaired) electrons. The molecule has 0 aliphatic carbocycles. The third kappa shape index (κ3) is 5.45. The fourth-order valence-corrected chi connectivity index (χ4v) is 6.93. The lowest BCUT2D eigenvalue weighted by Gasteiger charge is -2.25. The van der Waals surface area contributed by atoms with E-state index in [4.69, 9.17) is 13.9 Å². The Balaban J connectivity index is 1.64. The molecule has 1 unspecified atom stereocenters. The number of nitrogens with zero attached hydrogens (tertiary/aromatic N) is 3. The Morgan fingerprint density at radius 1 is 1.02 bits per heavy atom. The fourth-order valence-electron chi connectivity index (χ4n) is 4.63. The van der Waals surface area contributed by atoms with Gasteiger partial charge in [-0.15, -0.1) is 0 Å². The lowest BCUT2D eigenvalue weighted by molar-refractivity contribution is 0.391. The summed E-state index contributed by atoms with van der Waals surface area (Å²) in [5.74, 6) is -2.39. The van der Waals surface area contributed by atoms with E-state index < -0.39 is 45.0 Å². The highest BCUT2D eigenvalue weighted by atomic mass is 127. The summed E-state index contributed by atoms with van der Waals surface area (Å²) < 4.78 is 77.0. The van der Waals surface area contributed by atoms with Crippen molar-refractivity contribution in [1.29, 1.82) is 0 Å². The molecular formula is C29H24F2IN3O6S. The molecule has 0 N–H and O–H groups in total. The average Bonchev–Trinajstić information content (AvgIpc) is 3.29. The summed E-state index contributed by atoms with van der Waals surface area (Å²) in [5, 5.41) is 0. The van der Waals surface area contributed by atoms with Crippen LogP contribution in [0.25, 0.3) is 11.1 Å². The van der Waals surface area contributed by atoms with Crippen molar-refractivity contribution in [3.8, 4) is 11.5 Å². The number of oxazole rings is 1. The first kappa shape index (κ1) is 29.5. The minimum atomic E-state index is -4.74. The van der Waals surface area contributed by atoms with Crippen LogP contribution in [-0.2, 0) is 16.6 Å². The summed E-state index contributed by atoms with van der Waals surface area (Å²) >= 11 is 2.14. The second kappa shape index (κ2) is 11.7. The van der Waals surface area contributed by atoms with Crippen LogP contribution in [0, 0.1) is 15.3 Å². The number of aromatic nitrogens is 2. The van der Waals surface area contributed by atoms with Crippen molar-refractivity contribution < 1.29 is 31.1 Å². The van der Waals surface area contributed by atoms with E-state index in [1.165, 1.54) is 30.9 Å². The first-order valence-electron chi connectivity index (χ1n) is 12.5. The van der Waals surface area contributed by atoms with E-state index in [0.29, 0.717) is 11.3 Å². The maximum absolute atomic E-state index is 15.8. The number of hydrogen-bond acceptors (Lipinski definition) is 7. The number of pyridine rings is 1. The number of fused-ring (bicyclic) bond motifs is 1. The maximum Gasteiger partial charge on any atom is 0.420 e. The number of halogens is 3. The van der Waals surface area contributed by atoms with Crippen LogP contribution in [0.5, 0.6) is 11.5 Å². The SMILES string of the molecule is COc1ccc(CN(c2cccc(F)n2)S(=O)(=O)c2cc3oc(=O)n(C(C)c4ccccc4I)c3cc2F)c(OC)c1. The topological polar surface area (TPSA) is 104 Å². The van der Waals surface area contributed by atoms with Crippen LogP contribution in [0.3, 0.4) is 0 Å². The summed E-state index contributed by atoms with van der Waals surface area (Å²) in [6.45, 7) is 1.37. The molecule has 0 spiro atoms. The summed E-state index contributed by atoms with van der Waals surface area (Å²) in [7, 11) is -1.88. The van der Waals surface area contributed by atoms with Gasteiger partial charge in [0.1, 0.15) is 28.0 Å². The standard InChI is InChI=1S/C29H24F2IN3O6S/c1-17(20-7-4-5-8-22(20)32)35-23-14-21(30)26(15-25(23)41-29(35)36)42(37,38)34(28-10-6-9-27(31)33-28)16-18-11-12-19(39-2)13-24(18)40-3/h4-15,17H,16H2,1-3H3. The van der Waals surface area contributed by atoms with Gasteiger partial charge in [0.25, 0.3) is 10.0 Å². The van der Waals surface area contributed by atoms with Crippen LogP contribution in [-0.4, -0.2) is 32.2 Å². The first-order valence-corrected chi connectivity index (χ1v) is 15.0. The molecule has 0 aliphatic rings. The van der Waals surface area contributed by atoms with Crippen LogP contribution >= 0.6 is 22.6 Å². The van der Waals surface area contributed by atoms with Crippen LogP contribution in [0.4, 0.5) is 14.6 Å². The molecule has 5 aromatic rings. The van der Waals surface area contributed by atoms with Crippen molar-refractivity contribution in [3.05, 3.63) is 110 Å². The highest BCUT2D eigenvalue weighted by Gasteiger charge is 2.32. The van der Waals surface area contributed by atoms with Gasteiger partial charge in [-0.05, 0) is 65.4 Å². The number of rotatable bonds is 9. The molecule has 1 atom stereocenters. The van der Waals surface area contributed by atoms with Gasteiger partial charge in [0.05, 0.1) is 32.3 Å². The third-order valence-electron chi connectivity index (χ3n) is 6.74. The Kier molecular flexibility index (Phi) is 8.23. The lowest BCUT2D eigenvalue weighted by Crippen LogP contribution is -2.32. The largest absolute Gasteiger partial charge is 0.497 e. The summed E-state index contributed by atoms with van der Waals surface area (Å²) in [5.41, 5.74) is 1.12. The molecule has 9 nitrogen and oxygen atoms in total. The molecule has 13 heteroatoms. The maximum atomic E-state index is 15.8. The van der Waals surface area contributed by atoms with Gasteiger partial charge >= 0.3 is 5.76 Å². The number of ether oxygens (including phenoxy) is 2. The average molecular weight is 707 g/mol. The molecule has 0 aliphatic heterocycles. The zero-order valence-electron chi connectivity index (χ0n) is 22.5. The van der Waals surface area contributed by atoms with Crippen LogP contribution in [0.1, 0.15) is 24.1 Å². The van der Waals surface area contributed by atoms with E-state index in [1.807, 2.05) is 24.3 Å². The molecule has 0 saturated carbocycles. The summed E-state index contributed by atoms with van der Waals surface area (Å²) in [6, 6.07) is 17.1. The van der Waals surface area contributed by atoms with E-state index >= 15 is 4.39 Å². The van der Waals surface area contributed by atoms with Gasteiger partial charge in [-0.25, -0.2) is 26.9 Å². The van der Waals surface area contributed by atoms with Gasteiger partial charge in [-0.1, -0.05) is 24.3 Å². The summed E-state index contributed by atoms with van der Waals surface area (Å²) in [6.07, 6.45) is 0. The number of anilines is 1. The fraction of sp³-hybridized carbons (Fsp3) is 0.172. The van der Waals surface area contributed by atoms with Crippen molar-refractivity contribution in [2.75, 3.05) is 18.5 Å². The van der Waals surface area contributed by atoms with Crippen molar-refractivity contribution >= 4 is 49.5 Å². The Hall–Kier alpha value is -3.98. The number of methoxy groups -OCH3 is 2. The van der Waals surface area contributed by atoms with Gasteiger partial charge < -0.3 is 13.9 Å². The van der Waals surface area contributed by atoms with Crippen molar-refractivity contribution in [2.45, 2.75) is 24.4 Å². The van der Waals surface area contributed by atoms with Crippen molar-refractivity contribution in [1.82, 2.24) is 9.55 Å². The molecule has 42 heavy (non-hydrogen) atoms. The lowest BCUT2D eigenvalue weighted by atomic mass is 10.1. The van der Waals surface area contributed by atoms with Crippen molar-refractivity contribution in [3.63, 3.8) is 0 Å². The molecule has 3 aromatic carbocycles. The normalized spacial score (nSPS) is 12.3. The molecule has 2 heterocycles. The second-order valence-electron chi connectivity index (χ2n) is 9.19. The highest BCUT2D eigenvalue weighted by molar-refractivity contribution is 14.1. The van der Waals surface area contributed by atoms with Crippen LogP contribution < -0.4 is 19.5 Å². The Labute approximate surface area is 253 Å². The number of benzene rings is 3. The van der Waals surface area contributed by atoms with E-state index in [2.05, 4.69) is 27.6 Å². The summed E-state index contributed by atoms with van der Waals surface area (Å²) in [4.78, 5) is 15.9. The number of sulfonamides is 1. The zero-order valence-corrected chi connectivity index (χ0v) is 25.5. The molecule has 218 valence electrons. The van der Waals surface area contributed by atoms with Crippen LogP contribution in [0.2, 0.25) is 0 Å². The van der Waals surface area contributed by atoms with Gasteiger partial charge in [0.15, 0.2) is 5.58 Å². The van der Waals surface area contributed by atoms with Gasteiger partial charge in [0.2, 0.25) is 5.95 Å². The first-order chi connectivity index (χ1) is 20.0. The predicted molar refractivity (Wildman–Crippen MR) is 161 cm³/mol. The molecule has 0 fully saturated rings. The quantitative estimate of drug-likeness (QED) is 0.139. The molecule has 5 rings (SSSR count). The van der Waals surface area contributed by atoms with Gasteiger partial charge in [-0.2, -0.15) is 4.39 Å². The van der Waals surface area contributed by atoms with Crippen molar-refractivity contribution in [2.24, 2.45) is 0 Å². The minimum Gasteiger partial charge on any atom is -0.497 e. The Morgan fingerprint density at radius 3 is 2.48 bits per heavy atom. The van der Waals surface area contributed by atoms with E-state index in [0.717, 1.165) is 31.6 Å². The molecular weight excluding hydrogens is 683 g/mol. The van der Waals surface area contributed by atoms with E-state index in [9.17, 15) is 17.6 Å². The van der Waals surface area contributed by atoms with Crippen LogP contribution in [0.15, 0.2) is 86.9 Å². The van der Waals surface area contributed by atoms with Gasteiger partial charge in [-0.3, -0.25) is 4.57 Å². The monoisotopic (exact) mass is 707 g/mol. The predicted octanol–water partition coefficient (Wildman–Crippen LogP) is 5.89. The minimum absolute atomic E-state index is 0.0795. The zero-order chi connectivity index (χ0) is 30.2. The van der Waals surface area contributed by atoms with E-state index in [1.54, 1.807) is 25.1 Å². The Morgan fingerprint density at radius 2 is 1.79 bits per heavy atom. The second-order valence-corrected chi connectivity index (χ2v) is 12.2. The molecule has 2 aromatic heterocycles. The van der Waals surface area contributed by atoms with Gasteiger partial charge in [0, 0.05) is 27.3 Å². The molecule has 0 bridgehead atoms. The van der Waals surface area contributed by atoms with E-state index in [-0.39, 0.29) is 22.7 Å². The highest BCUT2D eigenvalue weighted by Crippen LogP contribution is 2.33. The smallest absolute Gasteiger partial charge is 0.420 e. The Bertz CT molecular complexity index is 1960.